The Morgan fingerprint density at radius 3 is 1.20 bits per heavy atom. The van der Waals surface area contributed by atoms with Gasteiger partial charge < -0.3 is 0 Å². The summed E-state index contributed by atoms with van der Waals surface area (Å²) in [6.07, 6.45) is 17.8. The van der Waals surface area contributed by atoms with Gasteiger partial charge in [-0.15, -0.1) is 0 Å². The molecule has 25 heavy (non-hydrogen) atoms. The second kappa shape index (κ2) is 25.9. The molecular formula is C21H36I4. The van der Waals surface area contributed by atoms with E-state index in [-0.39, 0.29) is 0 Å². The summed E-state index contributed by atoms with van der Waals surface area (Å²) in [4.78, 5) is 0. The monoisotopic (exact) mass is 796 g/mol. The van der Waals surface area contributed by atoms with Gasteiger partial charge in [-0.25, -0.2) is 0 Å². The van der Waals surface area contributed by atoms with Gasteiger partial charge in [-0.3, -0.25) is 0 Å². The lowest BCUT2D eigenvalue weighted by molar-refractivity contribution is 0.897. The van der Waals surface area contributed by atoms with Crippen molar-refractivity contribution < 1.29 is 0 Å². The molecule has 0 bridgehead atoms. The van der Waals surface area contributed by atoms with Crippen LogP contribution in [0.1, 0.15) is 86.5 Å². The van der Waals surface area contributed by atoms with E-state index in [1.165, 1.54) is 60.8 Å². The van der Waals surface area contributed by atoms with Gasteiger partial charge >= 0.3 is 0 Å². The maximum atomic E-state index is 2.42. The predicted octanol–water partition coefficient (Wildman–Crippen LogP) is 11.1. The Bertz CT molecular complexity index is 400. The van der Waals surface area contributed by atoms with Crippen LogP contribution in [0, 0.1) is 0 Å². The topological polar surface area (TPSA) is 0 Å². The van der Waals surface area contributed by atoms with E-state index in [0.29, 0.717) is 0 Å². The van der Waals surface area contributed by atoms with E-state index >= 15 is 0 Å². The molecule has 148 valence electrons. The van der Waals surface area contributed by atoms with E-state index in [2.05, 4.69) is 140 Å². The standard InChI is InChI=1S/C21H36.2I2/c1-7-11-19(4)14-9-15-21(6)17-10-16-20(5)13-8-12-18(2)3;2*1-2/h11-12,15-16H,7-10,13-14,17H2,1-6H3;;/b19-11-,20-16+,21-15+;;. The average Bonchev–Trinajstić information content (AvgIpc) is 2.58. The van der Waals surface area contributed by atoms with E-state index in [1.807, 2.05) is 0 Å². The molecule has 0 heterocycles. The van der Waals surface area contributed by atoms with Crippen LogP contribution in [0.25, 0.3) is 0 Å². The molecule has 4 heteroatoms. The zero-order chi connectivity index (χ0) is 20.1. The highest BCUT2D eigenvalue weighted by Gasteiger charge is 1.93. The minimum atomic E-state index is 1.16. The van der Waals surface area contributed by atoms with Crippen LogP contribution in [0.3, 0.4) is 0 Å². The molecule has 0 fully saturated rings. The van der Waals surface area contributed by atoms with Crippen molar-refractivity contribution in [3.63, 3.8) is 0 Å². The van der Waals surface area contributed by atoms with Crippen LogP contribution in [-0.2, 0) is 0 Å². The predicted molar refractivity (Wildman–Crippen MR) is 155 cm³/mol. The first-order valence-corrected chi connectivity index (χ1v) is 21.4. The van der Waals surface area contributed by atoms with Crippen LogP contribution in [-0.4, -0.2) is 0 Å². The van der Waals surface area contributed by atoms with Crippen molar-refractivity contribution >= 4 is 74.5 Å². The van der Waals surface area contributed by atoms with Gasteiger partial charge in [-0.2, -0.15) is 0 Å². The third-order valence-electron chi connectivity index (χ3n) is 3.71. The highest BCUT2D eigenvalue weighted by molar-refractivity contribution is 15.0. The molecule has 0 aromatic rings. The lowest BCUT2D eigenvalue weighted by Gasteiger charge is -2.02. The van der Waals surface area contributed by atoms with Crippen LogP contribution in [0.15, 0.2) is 46.6 Å². The summed E-state index contributed by atoms with van der Waals surface area (Å²) in [5.41, 5.74) is 6.01. The van der Waals surface area contributed by atoms with Crippen LogP contribution < -0.4 is 0 Å². The molecule has 0 nitrogen and oxygen atoms in total. The van der Waals surface area contributed by atoms with Gasteiger partial charge in [0, 0.05) is 74.5 Å². The molecule has 0 aliphatic rings. The fourth-order valence-electron chi connectivity index (χ4n) is 2.34. The van der Waals surface area contributed by atoms with Gasteiger partial charge in [0.05, 0.1) is 0 Å². The third-order valence-corrected chi connectivity index (χ3v) is 3.71. The molecule has 0 radical (unpaired) electrons. The Kier molecular flexibility index (Phi) is 32.7. The summed E-state index contributed by atoms with van der Waals surface area (Å²) in [6, 6.07) is 0. The third kappa shape index (κ3) is 28.2. The Balaban J connectivity index is -0.00000112. The van der Waals surface area contributed by atoms with Gasteiger partial charge in [-0.1, -0.05) is 53.5 Å². The SMILES string of the molecule is CC/C=C(/C)CC/C=C(\C)CC/C=C(\C)CCC=C(C)C.II.II. The first kappa shape index (κ1) is 31.6. The minimum Gasteiger partial charge on any atom is -0.0859 e. The molecular weight excluding hydrogens is 760 g/mol. The molecule has 0 aromatic carbocycles. The lowest BCUT2D eigenvalue weighted by Crippen LogP contribution is -1.82. The quantitative estimate of drug-likeness (QED) is 0.153. The van der Waals surface area contributed by atoms with Crippen LogP contribution in [0.2, 0.25) is 0 Å². The molecule has 0 spiro atoms. The van der Waals surface area contributed by atoms with Crippen molar-refractivity contribution in [1.82, 2.24) is 0 Å². The number of allylic oxidation sites excluding steroid dienone is 8. The van der Waals surface area contributed by atoms with Gasteiger partial charge in [0.25, 0.3) is 0 Å². The van der Waals surface area contributed by atoms with Gasteiger partial charge in [0.15, 0.2) is 0 Å². The molecule has 0 saturated carbocycles. The fourth-order valence-corrected chi connectivity index (χ4v) is 2.34. The minimum absolute atomic E-state index is 1.16. The van der Waals surface area contributed by atoms with E-state index in [4.69, 9.17) is 0 Å². The van der Waals surface area contributed by atoms with E-state index in [0.717, 1.165) is 6.42 Å². The summed E-state index contributed by atoms with van der Waals surface area (Å²) >= 11 is 8.48. The number of hydrogen-bond acceptors (Lipinski definition) is 0. The van der Waals surface area contributed by atoms with Crippen molar-refractivity contribution in [2.45, 2.75) is 86.5 Å². The molecule has 0 saturated heterocycles. The van der Waals surface area contributed by atoms with Crippen LogP contribution >= 0.6 is 74.5 Å². The zero-order valence-corrected chi connectivity index (χ0v) is 25.4. The average molecular weight is 796 g/mol. The first-order valence-electron chi connectivity index (χ1n) is 8.84. The van der Waals surface area contributed by atoms with E-state index in [1.54, 1.807) is 0 Å². The summed E-state index contributed by atoms with van der Waals surface area (Å²) in [7, 11) is 0. The maximum absolute atomic E-state index is 2.42. The second-order valence-corrected chi connectivity index (χ2v) is 6.46. The molecule has 0 amide bonds. The summed E-state index contributed by atoms with van der Waals surface area (Å²) < 4.78 is 0. The zero-order valence-electron chi connectivity index (χ0n) is 16.8. The number of halogens is 4. The Hall–Kier alpha value is 1.88. The molecule has 0 atom stereocenters. The Morgan fingerprint density at radius 1 is 0.560 bits per heavy atom. The maximum Gasteiger partial charge on any atom is 0 e. The highest BCUT2D eigenvalue weighted by Crippen LogP contribution is 2.13. The van der Waals surface area contributed by atoms with Crippen LogP contribution in [0.4, 0.5) is 0 Å². The molecule has 0 N–H and O–H groups in total. The molecule has 0 aromatic heterocycles. The van der Waals surface area contributed by atoms with Gasteiger partial charge in [0.1, 0.15) is 0 Å². The van der Waals surface area contributed by atoms with Crippen molar-refractivity contribution in [3.8, 4) is 0 Å². The summed E-state index contributed by atoms with van der Waals surface area (Å²) in [5.74, 6) is 0. The number of hydrogen-bond donors (Lipinski definition) is 0. The molecule has 0 aliphatic carbocycles. The normalized spacial score (nSPS) is 11.8. The van der Waals surface area contributed by atoms with E-state index < -0.39 is 0 Å². The molecule has 0 unspecified atom stereocenters. The Morgan fingerprint density at radius 2 is 0.880 bits per heavy atom. The first-order chi connectivity index (χ1) is 12.0. The fraction of sp³-hybridized carbons (Fsp3) is 0.619. The summed E-state index contributed by atoms with van der Waals surface area (Å²) in [5, 5.41) is 0. The van der Waals surface area contributed by atoms with Crippen molar-refractivity contribution in [2.24, 2.45) is 0 Å². The second-order valence-electron chi connectivity index (χ2n) is 6.46. The smallest absolute Gasteiger partial charge is 0 e. The summed E-state index contributed by atoms with van der Waals surface area (Å²) in [6.45, 7) is 13.3. The lowest BCUT2D eigenvalue weighted by atomic mass is 10.0. The van der Waals surface area contributed by atoms with Crippen molar-refractivity contribution in [1.29, 1.82) is 0 Å². The molecule has 0 aliphatic heterocycles. The van der Waals surface area contributed by atoms with Crippen molar-refractivity contribution in [2.75, 3.05) is 0 Å². The van der Waals surface area contributed by atoms with Gasteiger partial charge in [0.2, 0.25) is 0 Å². The van der Waals surface area contributed by atoms with Crippen LogP contribution in [0.5, 0.6) is 0 Å². The largest absolute Gasteiger partial charge is 0.0859 e. The number of rotatable bonds is 10. The van der Waals surface area contributed by atoms with Crippen molar-refractivity contribution in [3.05, 3.63) is 46.6 Å². The Labute approximate surface area is 204 Å². The van der Waals surface area contributed by atoms with Gasteiger partial charge in [-0.05, 0) is 79.6 Å². The molecule has 0 rings (SSSR count). The highest BCUT2D eigenvalue weighted by atomic mass is 128. The van der Waals surface area contributed by atoms with E-state index in [9.17, 15) is 0 Å².